The van der Waals surface area contributed by atoms with E-state index in [0.29, 0.717) is 13.0 Å². The minimum Gasteiger partial charge on any atom is -0.299 e. The van der Waals surface area contributed by atoms with Gasteiger partial charge in [0.05, 0.1) is 12.5 Å². The Morgan fingerprint density at radius 1 is 1.00 bits per heavy atom. The summed E-state index contributed by atoms with van der Waals surface area (Å²) in [4.78, 5) is 38.0. The first kappa shape index (κ1) is 14.0. The van der Waals surface area contributed by atoms with Crippen LogP contribution in [0.5, 0.6) is 0 Å². The van der Waals surface area contributed by atoms with Crippen molar-refractivity contribution in [2.45, 2.75) is 38.6 Å². The number of imide groups is 1. The zero-order chi connectivity index (χ0) is 14.8. The van der Waals surface area contributed by atoms with Gasteiger partial charge in [0.1, 0.15) is 5.78 Å². The zero-order valence-electron chi connectivity index (χ0n) is 12.0. The van der Waals surface area contributed by atoms with Crippen LogP contribution in [0.25, 0.3) is 0 Å². The lowest BCUT2D eigenvalue weighted by molar-refractivity contribution is -0.142. The molecule has 0 radical (unpaired) electrons. The lowest BCUT2D eigenvalue weighted by atomic mass is 9.78. The Kier molecular flexibility index (Phi) is 3.86. The van der Waals surface area contributed by atoms with E-state index in [1.54, 1.807) is 0 Å². The van der Waals surface area contributed by atoms with Crippen molar-refractivity contribution in [2.24, 2.45) is 11.8 Å². The fourth-order valence-corrected chi connectivity index (χ4v) is 3.39. The van der Waals surface area contributed by atoms with Crippen LogP contribution in [0, 0.1) is 11.8 Å². The number of likely N-dealkylation sites (tertiary alicyclic amines) is 1. The molecule has 2 atom stereocenters. The van der Waals surface area contributed by atoms with Gasteiger partial charge in [0.2, 0.25) is 11.8 Å². The van der Waals surface area contributed by atoms with E-state index < -0.39 is 5.92 Å². The van der Waals surface area contributed by atoms with Gasteiger partial charge in [0, 0.05) is 18.8 Å². The molecule has 1 aromatic carbocycles. The van der Waals surface area contributed by atoms with E-state index in [0.717, 1.165) is 24.8 Å². The summed E-state index contributed by atoms with van der Waals surface area (Å²) in [5.41, 5.74) is 0.940. The Bertz CT molecular complexity index is 567. The summed E-state index contributed by atoms with van der Waals surface area (Å²) in [6.45, 7) is 0.315. The summed E-state index contributed by atoms with van der Waals surface area (Å²) < 4.78 is 0. The van der Waals surface area contributed by atoms with Gasteiger partial charge < -0.3 is 0 Å². The summed E-state index contributed by atoms with van der Waals surface area (Å²) in [6, 6.07) is 9.49. The molecule has 1 aliphatic carbocycles. The van der Waals surface area contributed by atoms with Crippen molar-refractivity contribution in [1.29, 1.82) is 0 Å². The highest BCUT2D eigenvalue weighted by molar-refractivity contribution is 6.05. The quantitative estimate of drug-likeness (QED) is 0.801. The molecule has 0 spiro atoms. The number of ketones is 1. The molecule has 4 nitrogen and oxygen atoms in total. The van der Waals surface area contributed by atoms with Gasteiger partial charge in [-0.25, -0.2) is 0 Å². The lowest BCUT2D eigenvalue weighted by Crippen LogP contribution is -2.35. The Morgan fingerprint density at radius 2 is 1.76 bits per heavy atom. The maximum absolute atomic E-state index is 12.5. The van der Waals surface area contributed by atoms with E-state index in [1.165, 1.54) is 4.90 Å². The zero-order valence-corrected chi connectivity index (χ0v) is 12.0. The van der Waals surface area contributed by atoms with Crippen LogP contribution in [0.4, 0.5) is 0 Å². The standard InChI is InChI=1S/C17H19NO3/c19-15-9-5-4-8-13(15)14-10-16(20)18(17(14)21)11-12-6-2-1-3-7-12/h1-3,6-7,13-14H,4-5,8-11H2. The highest BCUT2D eigenvalue weighted by Crippen LogP contribution is 2.35. The molecular weight excluding hydrogens is 266 g/mol. The monoisotopic (exact) mass is 285 g/mol. The summed E-state index contributed by atoms with van der Waals surface area (Å²) in [6.07, 6.45) is 3.40. The minimum absolute atomic E-state index is 0.146. The first-order chi connectivity index (χ1) is 10.2. The van der Waals surface area contributed by atoms with Gasteiger partial charge in [0.25, 0.3) is 0 Å². The van der Waals surface area contributed by atoms with Crippen molar-refractivity contribution in [3.63, 3.8) is 0 Å². The molecule has 4 heteroatoms. The van der Waals surface area contributed by atoms with Gasteiger partial charge in [-0.15, -0.1) is 0 Å². The molecule has 0 bridgehead atoms. The molecule has 1 aromatic rings. The third-order valence-corrected chi connectivity index (χ3v) is 4.55. The van der Waals surface area contributed by atoms with Crippen molar-refractivity contribution < 1.29 is 14.4 Å². The number of amides is 2. The molecule has 1 heterocycles. The smallest absolute Gasteiger partial charge is 0.233 e. The molecular formula is C17H19NO3. The summed E-state index contributed by atoms with van der Waals surface area (Å²) in [5.74, 6) is -0.810. The maximum atomic E-state index is 12.5. The number of benzene rings is 1. The highest BCUT2D eigenvalue weighted by atomic mass is 16.2. The molecule has 2 fully saturated rings. The molecule has 1 aliphatic heterocycles. The van der Waals surface area contributed by atoms with Gasteiger partial charge in [-0.05, 0) is 18.4 Å². The van der Waals surface area contributed by atoms with E-state index in [4.69, 9.17) is 0 Å². The summed E-state index contributed by atoms with van der Waals surface area (Å²) in [7, 11) is 0. The molecule has 2 unspecified atom stereocenters. The number of nitrogens with zero attached hydrogens (tertiary/aromatic N) is 1. The van der Waals surface area contributed by atoms with Gasteiger partial charge in [-0.3, -0.25) is 19.3 Å². The second-order valence-corrected chi connectivity index (χ2v) is 5.93. The molecule has 21 heavy (non-hydrogen) atoms. The number of hydrogen-bond acceptors (Lipinski definition) is 3. The van der Waals surface area contributed by atoms with E-state index in [-0.39, 0.29) is 29.9 Å². The molecule has 3 rings (SSSR count). The highest BCUT2D eigenvalue weighted by Gasteiger charge is 2.45. The molecule has 0 N–H and O–H groups in total. The number of hydrogen-bond donors (Lipinski definition) is 0. The maximum Gasteiger partial charge on any atom is 0.233 e. The van der Waals surface area contributed by atoms with Crippen LogP contribution in [0.1, 0.15) is 37.7 Å². The van der Waals surface area contributed by atoms with Crippen LogP contribution in [0.2, 0.25) is 0 Å². The number of carbonyl (C=O) groups is 3. The van der Waals surface area contributed by atoms with Crippen molar-refractivity contribution in [3.8, 4) is 0 Å². The van der Waals surface area contributed by atoms with Crippen LogP contribution >= 0.6 is 0 Å². The molecule has 0 aromatic heterocycles. The van der Waals surface area contributed by atoms with E-state index >= 15 is 0 Å². The predicted molar refractivity (Wildman–Crippen MR) is 77.1 cm³/mol. The second kappa shape index (κ2) is 5.80. The largest absolute Gasteiger partial charge is 0.299 e. The molecule has 1 saturated carbocycles. The van der Waals surface area contributed by atoms with Crippen LogP contribution in [-0.4, -0.2) is 22.5 Å². The fraction of sp³-hybridized carbons (Fsp3) is 0.471. The van der Waals surface area contributed by atoms with Crippen molar-refractivity contribution in [1.82, 2.24) is 4.90 Å². The average molecular weight is 285 g/mol. The SMILES string of the molecule is O=C1CCCCC1C1CC(=O)N(Cc2ccccc2)C1=O. The summed E-state index contributed by atoms with van der Waals surface area (Å²) >= 11 is 0. The normalized spacial score (nSPS) is 26.5. The third kappa shape index (κ3) is 2.75. The third-order valence-electron chi connectivity index (χ3n) is 4.55. The Labute approximate surface area is 124 Å². The van der Waals surface area contributed by atoms with Crippen molar-refractivity contribution in [2.75, 3.05) is 0 Å². The average Bonchev–Trinajstić information content (AvgIpc) is 2.77. The fourth-order valence-electron chi connectivity index (χ4n) is 3.39. The number of carbonyl (C=O) groups excluding carboxylic acids is 3. The van der Waals surface area contributed by atoms with Gasteiger partial charge >= 0.3 is 0 Å². The van der Waals surface area contributed by atoms with Crippen LogP contribution in [0.15, 0.2) is 30.3 Å². The van der Waals surface area contributed by atoms with Crippen LogP contribution in [0.3, 0.4) is 0 Å². The van der Waals surface area contributed by atoms with Gasteiger partial charge in [-0.1, -0.05) is 36.8 Å². The van der Waals surface area contributed by atoms with E-state index in [2.05, 4.69) is 0 Å². The van der Waals surface area contributed by atoms with E-state index in [9.17, 15) is 14.4 Å². The molecule has 2 aliphatic rings. The first-order valence-corrected chi connectivity index (χ1v) is 7.57. The van der Waals surface area contributed by atoms with E-state index in [1.807, 2.05) is 30.3 Å². The Morgan fingerprint density at radius 3 is 2.48 bits per heavy atom. The second-order valence-electron chi connectivity index (χ2n) is 5.93. The lowest BCUT2D eigenvalue weighted by Gasteiger charge is -2.24. The predicted octanol–water partition coefficient (Wildman–Crippen LogP) is 2.32. The molecule has 110 valence electrons. The topological polar surface area (TPSA) is 54.5 Å². The summed E-state index contributed by atoms with van der Waals surface area (Å²) in [5, 5.41) is 0. The Hall–Kier alpha value is -1.97. The molecule has 2 amide bonds. The van der Waals surface area contributed by atoms with Crippen LogP contribution < -0.4 is 0 Å². The number of Topliss-reactive ketones (excluding diaryl/α,β-unsaturated/α-hetero) is 1. The van der Waals surface area contributed by atoms with Gasteiger partial charge in [0.15, 0.2) is 0 Å². The minimum atomic E-state index is -0.422. The van der Waals surface area contributed by atoms with Crippen LogP contribution in [-0.2, 0) is 20.9 Å². The van der Waals surface area contributed by atoms with Gasteiger partial charge in [-0.2, -0.15) is 0 Å². The number of rotatable bonds is 3. The van der Waals surface area contributed by atoms with Crippen molar-refractivity contribution in [3.05, 3.63) is 35.9 Å². The first-order valence-electron chi connectivity index (χ1n) is 7.57. The van der Waals surface area contributed by atoms with Crippen molar-refractivity contribution >= 4 is 17.6 Å². The Balaban J connectivity index is 1.74. The molecule has 1 saturated heterocycles.